The first-order valence-corrected chi connectivity index (χ1v) is 5.71. The van der Waals surface area contributed by atoms with Crippen molar-refractivity contribution < 1.29 is 5.11 Å². The molecule has 0 spiro atoms. The van der Waals surface area contributed by atoms with Crippen LogP contribution in [0.4, 0.5) is 5.13 Å². The fourth-order valence-corrected chi connectivity index (χ4v) is 2.00. The van der Waals surface area contributed by atoms with E-state index < -0.39 is 0 Å². The summed E-state index contributed by atoms with van der Waals surface area (Å²) in [5, 5.41) is 9.88. The second-order valence-electron chi connectivity index (χ2n) is 3.65. The average molecular weight is 230 g/mol. The summed E-state index contributed by atoms with van der Waals surface area (Å²) in [5.41, 5.74) is 2.52. The zero-order valence-electron chi connectivity index (χ0n) is 9.10. The second kappa shape index (κ2) is 6.02. The van der Waals surface area contributed by atoms with Gasteiger partial charge >= 0.3 is 0 Å². The second-order valence-corrected chi connectivity index (χ2v) is 4.77. The minimum atomic E-state index is -0.241. The topological polar surface area (TPSA) is 74.4 Å². The van der Waals surface area contributed by atoms with Crippen LogP contribution in [0.1, 0.15) is 18.2 Å². The SMILES string of the molecule is CC(O)CCN(C)Cc1cnc(NN)s1. The maximum atomic E-state index is 9.15. The van der Waals surface area contributed by atoms with Gasteiger partial charge in [0.25, 0.3) is 0 Å². The summed E-state index contributed by atoms with van der Waals surface area (Å²) in [4.78, 5) is 7.41. The van der Waals surface area contributed by atoms with Gasteiger partial charge in [0.1, 0.15) is 0 Å². The van der Waals surface area contributed by atoms with Gasteiger partial charge in [-0.2, -0.15) is 0 Å². The Hall–Kier alpha value is -0.690. The Bertz CT molecular complexity index is 289. The number of nitrogens with one attached hydrogen (secondary N) is 1. The third-order valence-corrected chi connectivity index (χ3v) is 2.94. The Morgan fingerprint density at radius 3 is 3.00 bits per heavy atom. The Balaban J connectivity index is 2.33. The molecule has 0 aliphatic rings. The lowest BCUT2D eigenvalue weighted by Gasteiger charge is -2.15. The molecule has 86 valence electrons. The zero-order valence-corrected chi connectivity index (χ0v) is 9.92. The van der Waals surface area contributed by atoms with E-state index in [2.05, 4.69) is 15.3 Å². The molecule has 0 aliphatic carbocycles. The van der Waals surface area contributed by atoms with E-state index in [9.17, 15) is 0 Å². The number of aliphatic hydroxyl groups is 1. The van der Waals surface area contributed by atoms with Crippen molar-refractivity contribution in [2.24, 2.45) is 5.84 Å². The van der Waals surface area contributed by atoms with Gasteiger partial charge in [0.2, 0.25) is 0 Å². The van der Waals surface area contributed by atoms with Crippen LogP contribution in [0.2, 0.25) is 0 Å². The molecular weight excluding hydrogens is 212 g/mol. The van der Waals surface area contributed by atoms with Crippen LogP contribution in [0.15, 0.2) is 6.20 Å². The van der Waals surface area contributed by atoms with E-state index in [4.69, 9.17) is 10.9 Å². The largest absolute Gasteiger partial charge is 0.393 e. The molecule has 0 saturated carbocycles. The highest BCUT2D eigenvalue weighted by molar-refractivity contribution is 7.15. The van der Waals surface area contributed by atoms with Gasteiger partial charge in [0, 0.05) is 24.2 Å². The smallest absolute Gasteiger partial charge is 0.197 e. The van der Waals surface area contributed by atoms with Crippen molar-refractivity contribution in [3.05, 3.63) is 11.1 Å². The van der Waals surface area contributed by atoms with E-state index in [0.29, 0.717) is 0 Å². The van der Waals surface area contributed by atoms with Crippen molar-refractivity contribution >= 4 is 16.5 Å². The first kappa shape index (κ1) is 12.4. The van der Waals surface area contributed by atoms with Gasteiger partial charge in [-0.05, 0) is 20.4 Å². The third-order valence-electron chi connectivity index (χ3n) is 2.03. The highest BCUT2D eigenvalue weighted by Crippen LogP contribution is 2.18. The number of hydrazine groups is 1. The number of thiazole rings is 1. The highest BCUT2D eigenvalue weighted by atomic mass is 32.1. The summed E-state index contributed by atoms with van der Waals surface area (Å²) in [6.45, 7) is 3.52. The van der Waals surface area contributed by atoms with Crippen LogP contribution in [0.5, 0.6) is 0 Å². The predicted octanol–water partition coefficient (Wildman–Crippen LogP) is 0.631. The van der Waals surface area contributed by atoms with E-state index in [1.54, 1.807) is 18.3 Å². The fourth-order valence-electron chi connectivity index (χ4n) is 1.20. The van der Waals surface area contributed by atoms with Crippen LogP contribution in [-0.2, 0) is 6.54 Å². The molecule has 0 bridgehead atoms. The van der Waals surface area contributed by atoms with Gasteiger partial charge < -0.3 is 10.0 Å². The van der Waals surface area contributed by atoms with E-state index in [1.165, 1.54) is 0 Å². The van der Waals surface area contributed by atoms with Crippen molar-refractivity contribution in [2.45, 2.75) is 26.0 Å². The van der Waals surface area contributed by atoms with Gasteiger partial charge in [-0.25, -0.2) is 10.8 Å². The lowest BCUT2D eigenvalue weighted by molar-refractivity contribution is 0.163. The number of nitrogen functional groups attached to an aromatic ring is 1. The molecule has 1 aromatic heterocycles. The first-order chi connectivity index (χ1) is 7.11. The number of aliphatic hydroxyl groups excluding tert-OH is 1. The summed E-state index contributed by atoms with van der Waals surface area (Å²) in [7, 11) is 2.03. The third kappa shape index (κ3) is 4.57. The predicted molar refractivity (Wildman–Crippen MR) is 62.6 cm³/mol. The van der Waals surface area contributed by atoms with Crippen LogP contribution >= 0.6 is 11.3 Å². The summed E-state index contributed by atoms with van der Waals surface area (Å²) >= 11 is 1.54. The van der Waals surface area contributed by atoms with E-state index >= 15 is 0 Å². The molecule has 0 radical (unpaired) electrons. The number of aromatic nitrogens is 1. The Morgan fingerprint density at radius 1 is 1.73 bits per heavy atom. The Kier molecular flexibility index (Phi) is 4.97. The van der Waals surface area contributed by atoms with Crippen molar-refractivity contribution in [2.75, 3.05) is 19.0 Å². The van der Waals surface area contributed by atoms with Gasteiger partial charge in [0.05, 0.1) is 6.10 Å². The number of anilines is 1. The minimum absolute atomic E-state index is 0.241. The maximum absolute atomic E-state index is 9.15. The maximum Gasteiger partial charge on any atom is 0.197 e. The first-order valence-electron chi connectivity index (χ1n) is 4.89. The molecule has 0 aliphatic heterocycles. The normalized spacial score (nSPS) is 13.1. The standard InChI is InChI=1S/C9H18N4OS/c1-7(14)3-4-13(2)6-8-5-11-9(12-10)15-8/h5,7,14H,3-4,6,10H2,1-2H3,(H,11,12). The fraction of sp³-hybridized carbons (Fsp3) is 0.667. The van der Waals surface area contributed by atoms with Gasteiger partial charge in [-0.15, -0.1) is 0 Å². The Morgan fingerprint density at radius 2 is 2.47 bits per heavy atom. The Labute approximate surface area is 93.9 Å². The molecule has 1 rings (SSSR count). The number of nitrogens with two attached hydrogens (primary N) is 1. The molecule has 15 heavy (non-hydrogen) atoms. The number of hydrogen-bond donors (Lipinski definition) is 3. The lowest BCUT2D eigenvalue weighted by Crippen LogP contribution is -2.21. The van der Waals surface area contributed by atoms with Crippen LogP contribution in [0.25, 0.3) is 0 Å². The van der Waals surface area contributed by atoms with Crippen molar-refractivity contribution in [1.82, 2.24) is 9.88 Å². The molecule has 0 amide bonds. The van der Waals surface area contributed by atoms with E-state index in [-0.39, 0.29) is 6.10 Å². The minimum Gasteiger partial charge on any atom is -0.393 e. The molecule has 1 aromatic rings. The van der Waals surface area contributed by atoms with Gasteiger partial charge in [0.15, 0.2) is 5.13 Å². The molecule has 0 saturated heterocycles. The van der Waals surface area contributed by atoms with Gasteiger partial charge in [-0.3, -0.25) is 5.43 Å². The van der Waals surface area contributed by atoms with Crippen LogP contribution in [0.3, 0.4) is 0 Å². The molecule has 1 unspecified atom stereocenters. The summed E-state index contributed by atoms with van der Waals surface area (Å²) in [6.07, 6.45) is 2.37. The quantitative estimate of drug-likeness (QED) is 0.494. The van der Waals surface area contributed by atoms with Crippen LogP contribution in [-0.4, -0.2) is 34.7 Å². The molecular formula is C9H18N4OS. The van der Waals surface area contributed by atoms with E-state index in [1.807, 2.05) is 13.2 Å². The molecule has 6 heteroatoms. The van der Waals surface area contributed by atoms with Crippen LogP contribution in [0, 0.1) is 0 Å². The van der Waals surface area contributed by atoms with Gasteiger partial charge in [-0.1, -0.05) is 11.3 Å². The van der Waals surface area contributed by atoms with Crippen molar-refractivity contribution in [3.63, 3.8) is 0 Å². The molecule has 0 aromatic carbocycles. The summed E-state index contributed by atoms with van der Waals surface area (Å²) < 4.78 is 0. The van der Waals surface area contributed by atoms with Crippen molar-refractivity contribution in [1.29, 1.82) is 0 Å². The van der Waals surface area contributed by atoms with Crippen molar-refractivity contribution in [3.8, 4) is 0 Å². The van der Waals surface area contributed by atoms with E-state index in [0.717, 1.165) is 29.5 Å². The number of nitrogens with zero attached hydrogens (tertiary/aromatic N) is 2. The molecule has 0 fully saturated rings. The lowest BCUT2D eigenvalue weighted by atomic mass is 10.3. The highest BCUT2D eigenvalue weighted by Gasteiger charge is 2.05. The molecule has 1 atom stereocenters. The summed E-state index contributed by atoms with van der Waals surface area (Å²) in [5.74, 6) is 5.24. The number of hydrogen-bond acceptors (Lipinski definition) is 6. The molecule has 1 heterocycles. The average Bonchev–Trinajstić information content (AvgIpc) is 2.62. The zero-order chi connectivity index (χ0) is 11.3. The monoisotopic (exact) mass is 230 g/mol. The van der Waals surface area contributed by atoms with Crippen LogP contribution < -0.4 is 11.3 Å². The molecule has 4 N–H and O–H groups in total. The number of rotatable bonds is 6. The molecule has 5 nitrogen and oxygen atoms in total. The summed E-state index contributed by atoms with van der Waals surface area (Å²) in [6, 6.07) is 0.